The Balaban J connectivity index is 0.00000280. The molecule has 0 bridgehead atoms. The lowest BCUT2D eigenvalue weighted by Crippen LogP contribution is -2.46. The molecule has 1 aromatic carbocycles. The Kier molecular flexibility index (Phi) is 8.81. The number of halogens is 1. The van der Waals surface area contributed by atoms with Gasteiger partial charge in [-0.3, -0.25) is 4.79 Å². The summed E-state index contributed by atoms with van der Waals surface area (Å²) in [6, 6.07) is 4.62. The molecular formula is C18H28ClN3O5S. The monoisotopic (exact) mass is 433 g/mol. The van der Waals surface area contributed by atoms with Crippen molar-refractivity contribution in [2.24, 2.45) is 0 Å². The number of fused-ring (bicyclic) bond motifs is 1. The first-order chi connectivity index (χ1) is 13.1. The van der Waals surface area contributed by atoms with E-state index in [4.69, 9.17) is 9.47 Å². The second kappa shape index (κ2) is 10.8. The Bertz CT molecular complexity index is 754. The predicted molar refractivity (Wildman–Crippen MR) is 108 cm³/mol. The molecular weight excluding hydrogens is 406 g/mol. The number of hydrogen-bond donors (Lipinski definition) is 2. The van der Waals surface area contributed by atoms with E-state index in [1.165, 1.54) is 12.1 Å². The Morgan fingerprint density at radius 3 is 2.54 bits per heavy atom. The second-order valence-electron chi connectivity index (χ2n) is 6.64. The quantitative estimate of drug-likeness (QED) is 0.597. The number of sulfonamides is 1. The number of nitrogens with zero attached hydrogens (tertiary/aromatic N) is 1. The highest BCUT2D eigenvalue weighted by atomic mass is 35.5. The summed E-state index contributed by atoms with van der Waals surface area (Å²) in [7, 11) is -3.58. The van der Waals surface area contributed by atoms with Crippen molar-refractivity contribution in [3.05, 3.63) is 18.2 Å². The average molecular weight is 434 g/mol. The SMILES string of the molecule is Cl.O=C(CCCCCNS(=O)(=O)c1ccc2c(c1)OCCO2)N1CCNCC1. The molecule has 0 unspecified atom stereocenters. The summed E-state index contributed by atoms with van der Waals surface area (Å²) in [5.41, 5.74) is 0. The van der Waals surface area contributed by atoms with Gasteiger partial charge in [-0.2, -0.15) is 0 Å². The number of nitrogens with one attached hydrogen (secondary N) is 2. The maximum absolute atomic E-state index is 12.4. The van der Waals surface area contributed by atoms with Gasteiger partial charge < -0.3 is 19.7 Å². The van der Waals surface area contributed by atoms with E-state index < -0.39 is 10.0 Å². The van der Waals surface area contributed by atoms with E-state index >= 15 is 0 Å². The lowest BCUT2D eigenvalue weighted by Gasteiger charge is -2.27. The van der Waals surface area contributed by atoms with E-state index in [2.05, 4.69) is 10.0 Å². The minimum Gasteiger partial charge on any atom is -0.486 e. The molecule has 0 saturated carbocycles. The Labute approximate surface area is 172 Å². The zero-order chi connectivity index (χ0) is 19.1. The van der Waals surface area contributed by atoms with Crippen molar-refractivity contribution < 1.29 is 22.7 Å². The van der Waals surface area contributed by atoms with Gasteiger partial charge in [-0.15, -0.1) is 12.4 Å². The van der Waals surface area contributed by atoms with E-state index in [0.717, 1.165) is 39.0 Å². The third kappa shape index (κ3) is 6.23. The third-order valence-corrected chi connectivity index (χ3v) is 6.11. The van der Waals surface area contributed by atoms with E-state index in [9.17, 15) is 13.2 Å². The van der Waals surface area contributed by atoms with Crippen molar-refractivity contribution >= 4 is 28.3 Å². The summed E-state index contributed by atoms with van der Waals surface area (Å²) in [4.78, 5) is 14.1. The molecule has 8 nitrogen and oxygen atoms in total. The third-order valence-electron chi connectivity index (χ3n) is 4.65. The summed E-state index contributed by atoms with van der Waals surface area (Å²) < 4.78 is 38.2. The minimum atomic E-state index is -3.58. The van der Waals surface area contributed by atoms with Gasteiger partial charge in [0.2, 0.25) is 15.9 Å². The fourth-order valence-corrected chi connectivity index (χ4v) is 4.22. The standard InChI is InChI=1S/C18H27N3O5S.ClH/c22-18(21-10-8-19-9-11-21)4-2-1-3-7-20-27(23,24)15-5-6-16-17(14-15)26-13-12-25-16;/h5-6,14,19-20H,1-4,7-13H2;1H. The fourth-order valence-electron chi connectivity index (χ4n) is 3.13. The molecule has 2 aliphatic heterocycles. The molecule has 0 atom stereocenters. The molecule has 10 heteroatoms. The number of amides is 1. The molecule has 28 heavy (non-hydrogen) atoms. The van der Waals surface area contributed by atoms with Crippen LogP contribution in [0.3, 0.4) is 0 Å². The number of ether oxygens (including phenoxy) is 2. The van der Waals surface area contributed by atoms with Gasteiger partial charge in [-0.1, -0.05) is 6.42 Å². The van der Waals surface area contributed by atoms with Gasteiger partial charge in [0.25, 0.3) is 0 Å². The topological polar surface area (TPSA) is 97.0 Å². The van der Waals surface area contributed by atoms with E-state index in [1.807, 2.05) is 4.90 Å². The Hall–Kier alpha value is -1.55. The maximum atomic E-state index is 12.4. The molecule has 1 fully saturated rings. The highest BCUT2D eigenvalue weighted by Gasteiger charge is 2.19. The molecule has 1 aromatic rings. The molecule has 2 N–H and O–H groups in total. The van der Waals surface area contributed by atoms with Gasteiger partial charge in [0.1, 0.15) is 13.2 Å². The highest BCUT2D eigenvalue weighted by molar-refractivity contribution is 7.89. The van der Waals surface area contributed by atoms with Crippen molar-refractivity contribution in [2.45, 2.75) is 30.6 Å². The Morgan fingerprint density at radius 1 is 1.07 bits per heavy atom. The summed E-state index contributed by atoms with van der Waals surface area (Å²) in [6.07, 6.45) is 2.80. The van der Waals surface area contributed by atoms with Crippen LogP contribution in [0.5, 0.6) is 11.5 Å². The smallest absolute Gasteiger partial charge is 0.240 e. The normalized spacial score (nSPS) is 16.4. The van der Waals surface area contributed by atoms with Crippen LogP contribution in [0.25, 0.3) is 0 Å². The largest absolute Gasteiger partial charge is 0.486 e. The van der Waals surface area contributed by atoms with Crippen LogP contribution in [0.1, 0.15) is 25.7 Å². The number of piperazine rings is 1. The van der Waals surface area contributed by atoms with E-state index in [0.29, 0.717) is 44.1 Å². The fraction of sp³-hybridized carbons (Fsp3) is 0.611. The van der Waals surface area contributed by atoms with Gasteiger partial charge in [-0.05, 0) is 25.0 Å². The van der Waals surface area contributed by atoms with Crippen molar-refractivity contribution in [3.8, 4) is 11.5 Å². The van der Waals surface area contributed by atoms with Crippen LogP contribution in [0.4, 0.5) is 0 Å². The molecule has 0 spiro atoms. The van der Waals surface area contributed by atoms with Gasteiger partial charge in [-0.25, -0.2) is 13.1 Å². The number of carbonyl (C=O) groups is 1. The molecule has 0 aromatic heterocycles. The summed E-state index contributed by atoms with van der Waals surface area (Å²) in [5.74, 6) is 1.21. The van der Waals surface area contributed by atoms with Crippen LogP contribution in [-0.2, 0) is 14.8 Å². The van der Waals surface area contributed by atoms with E-state index in [-0.39, 0.29) is 23.2 Å². The average Bonchev–Trinajstić information content (AvgIpc) is 2.70. The molecule has 2 aliphatic rings. The molecule has 158 valence electrons. The van der Waals surface area contributed by atoms with Crippen molar-refractivity contribution in [1.29, 1.82) is 0 Å². The molecule has 3 rings (SSSR count). The van der Waals surface area contributed by atoms with Crippen molar-refractivity contribution in [1.82, 2.24) is 14.9 Å². The van der Waals surface area contributed by atoms with Gasteiger partial charge in [0.15, 0.2) is 11.5 Å². The molecule has 0 radical (unpaired) electrons. The predicted octanol–water partition coefficient (Wildman–Crippen LogP) is 1.15. The summed E-state index contributed by atoms with van der Waals surface area (Å²) in [6.45, 7) is 4.48. The molecule has 1 saturated heterocycles. The second-order valence-corrected chi connectivity index (χ2v) is 8.41. The van der Waals surface area contributed by atoms with Crippen LogP contribution in [0.15, 0.2) is 23.1 Å². The van der Waals surface area contributed by atoms with Crippen molar-refractivity contribution in [3.63, 3.8) is 0 Å². The summed E-state index contributed by atoms with van der Waals surface area (Å²) >= 11 is 0. The number of rotatable bonds is 8. The maximum Gasteiger partial charge on any atom is 0.240 e. The highest BCUT2D eigenvalue weighted by Crippen LogP contribution is 2.32. The summed E-state index contributed by atoms with van der Waals surface area (Å²) in [5, 5.41) is 3.22. The van der Waals surface area contributed by atoms with Crippen LogP contribution >= 0.6 is 12.4 Å². The number of unbranched alkanes of at least 4 members (excludes halogenated alkanes) is 2. The molecule has 0 aliphatic carbocycles. The Morgan fingerprint density at radius 2 is 1.79 bits per heavy atom. The molecule has 2 heterocycles. The lowest BCUT2D eigenvalue weighted by atomic mass is 10.1. The van der Waals surface area contributed by atoms with Crippen LogP contribution in [0.2, 0.25) is 0 Å². The first-order valence-electron chi connectivity index (χ1n) is 9.44. The lowest BCUT2D eigenvalue weighted by molar-refractivity contribution is -0.131. The molecule has 1 amide bonds. The minimum absolute atomic E-state index is 0. The van der Waals surface area contributed by atoms with Crippen LogP contribution in [-0.4, -0.2) is 65.2 Å². The number of carbonyl (C=O) groups excluding carboxylic acids is 1. The first-order valence-corrected chi connectivity index (χ1v) is 10.9. The van der Waals surface area contributed by atoms with Crippen LogP contribution in [0, 0.1) is 0 Å². The van der Waals surface area contributed by atoms with Gasteiger partial charge >= 0.3 is 0 Å². The van der Waals surface area contributed by atoms with Crippen LogP contribution < -0.4 is 19.5 Å². The van der Waals surface area contributed by atoms with Gasteiger partial charge in [0.05, 0.1) is 4.90 Å². The number of hydrogen-bond acceptors (Lipinski definition) is 6. The number of benzene rings is 1. The zero-order valence-electron chi connectivity index (χ0n) is 15.8. The zero-order valence-corrected chi connectivity index (χ0v) is 17.4. The van der Waals surface area contributed by atoms with E-state index in [1.54, 1.807) is 6.07 Å². The first kappa shape index (κ1) is 22.7. The van der Waals surface area contributed by atoms with Gasteiger partial charge in [0, 0.05) is 45.2 Å². The van der Waals surface area contributed by atoms with Crippen molar-refractivity contribution in [2.75, 3.05) is 45.9 Å².